The van der Waals surface area contributed by atoms with E-state index in [4.69, 9.17) is 16.3 Å². The van der Waals surface area contributed by atoms with Crippen molar-refractivity contribution in [3.8, 4) is 0 Å². The van der Waals surface area contributed by atoms with E-state index in [0.717, 1.165) is 5.56 Å². The van der Waals surface area contributed by atoms with Gasteiger partial charge in [-0.1, -0.05) is 24.6 Å². The monoisotopic (exact) mass is 310 g/mol. The lowest BCUT2D eigenvalue weighted by atomic mass is 10.1. The first-order valence-electron chi connectivity index (χ1n) is 6.98. The van der Waals surface area contributed by atoms with Crippen molar-refractivity contribution in [1.29, 1.82) is 0 Å². The Hall–Kier alpha value is -1.59. The van der Waals surface area contributed by atoms with Gasteiger partial charge in [-0.2, -0.15) is 0 Å². The number of carbonyl (C=O) groups excluding carboxylic acids is 2. The van der Waals surface area contributed by atoms with Crippen LogP contribution in [0.3, 0.4) is 0 Å². The average Bonchev–Trinajstić information content (AvgIpc) is 2.44. The molecular weight excluding hydrogens is 292 g/mol. The molecule has 1 N–H and O–H groups in total. The second kappa shape index (κ2) is 6.91. The maximum absolute atomic E-state index is 12.1. The van der Waals surface area contributed by atoms with Crippen LogP contribution in [0.1, 0.15) is 18.9 Å². The van der Waals surface area contributed by atoms with Crippen molar-refractivity contribution in [3.05, 3.63) is 28.8 Å². The summed E-state index contributed by atoms with van der Waals surface area (Å²) in [6, 6.07) is 4.89. The Morgan fingerprint density at radius 3 is 2.95 bits per heavy atom. The smallest absolute Gasteiger partial charge is 0.323 e. The third-order valence-corrected chi connectivity index (χ3v) is 3.83. The molecule has 114 valence electrons. The van der Waals surface area contributed by atoms with Gasteiger partial charge in [-0.05, 0) is 31.2 Å². The van der Waals surface area contributed by atoms with Gasteiger partial charge >= 0.3 is 5.97 Å². The number of nitrogens with one attached hydrogen (secondary N) is 1. The molecule has 1 amide bonds. The van der Waals surface area contributed by atoms with Gasteiger partial charge in [0.05, 0.1) is 17.1 Å². The van der Waals surface area contributed by atoms with Gasteiger partial charge in [0.1, 0.15) is 12.6 Å². The average molecular weight is 311 g/mol. The molecule has 0 bridgehead atoms. The van der Waals surface area contributed by atoms with E-state index in [1.807, 2.05) is 24.8 Å². The third-order valence-electron chi connectivity index (χ3n) is 3.52. The Kier molecular flexibility index (Phi) is 5.20. The molecule has 6 heteroatoms. The summed E-state index contributed by atoms with van der Waals surface area (Å²) in [5, 5.41) is 3.23. The summed E-state index contributed by atoms with van der Waals surface area (Å²) in [6.45, 7) is 5.63. The lowest BCUT2D eigenvalue weighted by Crippen LogP contribution is -2.50. The number of morpholine rings is 1. The third kappa shape index (κ3) is 3.95. The number of halogens is 1. The zero-order valence-electron chi connectivity index (χ0n) is 12.2. The summed E-state index contributed by atoms with van der Waals surface area (Å²) in [5.74, 6) is -0.587. The van der Waals surface area contributed by atoms with E-state index in [0.29, 0.717) is 30.4 Å². The molecule has 1 aromatic carbocycles. The molecule has 0 aliphatic carbocycles. The lowest BCUT2D eigenvalue weighted by molar-refractivity contribution is -0.158. The molecule has 0 unspecified atom stereocenters. The highest BCUT2D eigenvalue weighted by Gasteiger charge is 2.32. The number of cyclic esters (lactones) is 1. The van der Waals surface area contributed by atoms with Gasteiger partial charge in [0, 0.05) is 6.54 Å². The Balaban J connectivity index is 2.01. The number of hydrogen-bond donors (Lipinski definition) is 1. The first-order valence-corrected chi connectivity index (χ1v) is 7.35. The number of ether oxygens (including phenoxy) is 1. The minimum atomic E-state index is -0.520. The number of aryl methyl sites for hydroxylation is 1. The van der Waals surface area contributed by atoms with Crippen LogP contribution in [0.15, 0.2) is 18.2 Å². The highest BCUT2D eigenvalue weighted by atomic mass is 35.5. The van der Waals surface area contributed by atoms with Gasteiger partial charge in [0.2, 0.25) is 5.91 Å². The van der Waals surface area contributed by atoms with Gasteiger partial charge in [-0.3, -0.25) is 14.5 Å². The molecule has 1 heterocycles. The van der Waals surface area contributed by atoms with Crippen molar-refractivity contribution in [2.24, 2.45) is 0 Å². The summed E-state index contributed by atoms with van der Waals surface area (Å²) < 4.78 is 5.03. The first-order chi connectivity index (χ1) is 10.0. The van der Waals surface area contributed by atoms with Crippen molar-refractivity contribution in [2.45, 2.75) is 26.3 Å². The van der Waals surface area contributed by atoms with Gasteiger partial charge in [0.15, 0.2) is 0 Å². The highest BCUT2D eigenvalue weighted by Crippen LogP contribution is 2.23. The summed E-state index contributed by atoms with van der Waals surface area (Å²) in [5.41, 5.74) is 1.57. The minimum absolute atomic E-state index is 0.0663. The van der Waals surface area contributed by atoms with Crippen LogP contribution in [0, 0.1) is 6.92 Å². The van der Waals surface area contributed by atoms with Crippen molar-refractivity contribution < 1.29 is 14.3 Å². The van der Waals surface area contributed by atoms with Crippen LogP contribution >= 0.6 is 11.6 Å². The Labute approximate surface area is 129 Å². The predicted octanol–water partition coefficient (Wildman–Crippen LogP) is 2.22. The molecule has 0 spiro atoms. The molecule has 0 saturated carbocycles. The highest BCUT2D eigenvalue weighted by molar-refractivity contribution is 6.33. The maximum atomic E-state index is 12.1. The van der Waals surface area contributed by atoms with Crippen LogP contribution in [-0.2, 0) is 14.3 Å². The molecule has 1 saturated heterocycles. The molecule has 1 aliphatic rings. The van der Waals surface area contributed by atoms with E-state index in [9.17, 15) is 9.59 Å². The second-order valence-electron chi connectivity index (χ2n) is 5.05. The zero-order chi connectivity index (χ0) is 15.4. The van der Waals surface area contributed by atoms with Crippen LogP contribution in [-0.4, -0.2) is 42.5 Å². The van der Waals surface area contributed by atoms with Crippen LogP contribution in [0.25, 0.3) is 0 Å². The van der Waals surface area contributed by atoms with E-state index in [2.05, 4.69) is 5.32 Å². The number of hydrogen-bond acceptors (Lipinski definition) is 4. The number of rotatable bonds is 4. The molecule has 1 aromatic rings. The summed E-state index contributed by atoms with van der Waals surface area (Å²) in [6.07, 6.45) is 0.0663. The lowest BCUT2D eigenvalue weighted by Gasteiger charge is -2.32. The maximum Gasteiger partial charge on any atom is 0.323 e. The molecule has 2 rings (SSSR count). The summed E-state index contributed by atoms with van der Waals surface area (Å²) >= 11 is 6.08. The van der Waals surface area contributed by atoms with Gasteiger partial charge in [0.25, 0.3) is 0 Å². The van der Waals surface area contributed by atoms with Crippen LogP contribution in [0.4, 0.5) is 5.69 Å². The minimum Gasteiger partial charge on any atom is -0.463 e. The van der Waals surface area contributed by atoms with E-state index < -0.39 is 6.04 Å². The molecule has 0 radical (unpaired) electrons. The Bertz CT molecular complexity index is 548. The number of anilines is 1. The SMILES string of the molecule is CCN1CCOC(=O)[C@@H]1CC(=O)Nc1ccc(C)cc1Cl. The number of likely N-dealkylation sites (N-methyl/N-ethyl adjacent to an activating group) is 1. The number of nitrogens with zero attached hydrogens (tertiary/aromatic N) is 1. The molecule has 5 nitrogen and oxygen atoms in total. The largest absolute Gasteiger partial charge is 0.463 e. The first kappa shape index (κ1) is 15.8. The zero-order valence-corrected chi connectivity index (χ0v) is 12.9. The fourth-order valence-corrected chi connectivity index (χ4v) is 2.64. The van der Waals surface area contributed by atoms with Crippen LogP contribution in [0.2, 0.25) is 5.02 Å². The van der Waals surface area contributed by atoms with Gasteiger partial charge in [-0.15, -0.1) is 0 Å². The van der Waals surface area contributed by atoms with E-state index >= 15 is 0 Å². The van der Waals surface area contributed by atoms with Gasteiger partial charge in [-0.25, -0.2) is 0 Å². The van der Waals surface area contributed by atoms with Crippen molar-refractivity contribution in [3.63, 3.8) is 0 Å². The molecular formula is C15H19ClN2O3. The number of amides is 1. The molecule has 1 aliphatic heterocycles. The molecule has 21 heavy (non-hydrogen) atoms. The number of benzene rings is 1. The van der Waals surface area contributed by atoms with Crippen molar-refractivity contribution in [2.75, 3.05) is 25.0 Å². The topological polar surface area (TPSA) is 58.6 Å². The van der Waals surface area contributed by atoms with E-state index in [1.165, 1.54) is 0 Å². The van der Waals surface area contributed by atoms with Crippen molar-refractivity contribution >= 4 is 29.2 Å². The standard InChI is InChI=1S/C15H19ClN2O3/c1-3-18-6-7-21-15(20)13(18)9-14(19)17-12-5-4-10(2)8-11(12)16/h4-5,8,13H,3,6-7,9H2,1-2H3,(H,17,19)/t13-/m0/s1. The fourth-order valence-electron chi connectivity index (χ4n) is 2.35. The number of esters is 1. The summed E-state index contributed by atoms with van der Waals surface area (Å²) in [7, 11) is 0. The summed E-state index contributed by atoms with van der Waals surface area (Å²) in [4.78, 5) is 25.9. The predicted molar refractivity (Wildman–Crippen MR) is 81.4 cm³/mol. The second-order valence-corrected chi connectivity index (χ2v) is 5.45. The number of carbonyl (C=O) groups is 2. The van der Waals surface area contributed by atoms with Crippen LogP contribution < -0.4 is 5.32 Å². The molecule has 1 atom stereocenters. The van der Waals surface area contributed by atoms with Gasteiger partial charge < -0.3 is 10.1 Å². The van der Waals surface area contributed by atoms with E-state index in [-0.39, 0.29) is 18.3 Å². The van der Waals surface area contributed by atoms with E-state index in [1.54, 1.807) is 12.1 Å². The van der Waals surface area contributed by atoms with Crippen molar-refractivity contribution in [1.82, 2.24) is 4.90 Å². The Morgan fingerprint density at radius 1 is 1.52 bits per heavy atom. The fraction of sp³-hybridized carbons (Fsp3) is 0.467. The molecule has 1 fully saturated rings. The normalized spacial score (nSPS) is 19.2. The Morgan fingerprint density at radius 2 is 2.29 bits per heavy atom. The van der Waals surface area contributed by atoms with Crippen LogP contribution in [0.5, 0.6) is 0 Å². The molecule has 0 aromatic heterocycles. The quantitative estimate of drug-likeness (QED) is 0.866.